The molecule has 0 bridgehead atoms. The molecule has 1 aromatic heterocycles. The summed E-state index contributed by atoms with van der Waals surface area (Å²) in [6, 6.07) is 23.2. The number of amides is 2. The molecule has 0 spiro atoms. The molecule has 1 saturated heterocycles. The lowest BCUT2D eigenvalue weighted by molar-refractivity contribution is -0.163. The second-order valence-electron chi connectivity index (χ2n) is 14.5. The van der Waals surface area contributed by atoms with E-state index in [1.165, 1.54) is 30.6 Å². The molecule has 1 fully saturated rings. The predicted molar refractivity (Wildman–Crippen MR) is 205 cm³/mol. The van der Waals surface area contributed by atoms with Crippen molar-refractivity contribution in [3.05, 3.63) is 102 Å². The van der Waals surface area contributed by atoms with Gasteiger partial charge in [-0.05, 0) is 68.9 Å². The van der Waals surface area contributed by atoms with E-state index in [0.717, 1.165) is 46.6 Å². The summed E-state index contributed by atoms with van der Waals surface area (Å²) in [6.45, 7) is 8.79. The van der Waals surface area contributed by atoms with Crippen LogP contribution in [0.5, 0.6) is 5.75 Å². The van der Waals surface area contributed by atoms with Crippen molar-refractivity contribution >= 4 is 18.0 Å². The summed E-state index contributed by atoms with van der Waals surface area (Å²) in [7, 11) is 0. The maximum atomic E-state index is 14.0. The zero-order valence-electron chi connectivity index (χ0n) is 31.4. The molecular formula is C43H52N4O6. The molecule has 1 aliphatic heterocycles. The van der Waals surface area contributed by atoms with Gasteiger partial charge in [0.05, 0.1) is 6.61 Å². The lowest BCUT2D eigenvalue weighted by Gasteiger charge is -2.30. The predicted octanol–water partition coefficient (Wildman–Crippen LogP) is 8.33. The van der Waals surface area contributed by atoms with Crippen LogP contribution in [0.2, 0.25) is 0 Å². The second-order valence-corrected chi connectivity index (χ2v) is 14.5. The fraction of sp³-hybridized carbons (Fsp3) is 0.419. The highest BCUT2D eigenvalue weighted by molar-refractivity contribution is 5.90. The van der Waals surface area contributed by atoms with Crippen molar-refractivity contribution < 1.29 is 28.6 Å². The number of esters is 1. The molecule has 53 heavy (non-hydrogen) atoms. The molecule has 2 atom stereocenters. The van der Waals surface area contributed by atoms with Crippen LogP contribution in [-0.4, -0.2) is 63.7 Å². The maximum absolute atomic E-state index is 14.0. The number of alkyl carbamates (subject to hydrolysis) is 1. The quantitative estimate of drug-likeness (QED) is 0.0907. The summed E-state index contributed by atoms with van der Waals surface area (Å²) in [5.41, 5.74) is 3.66. The minimum Gasteiger partial charge on any atom is -0.494 e. The zero-order valence-corrected chi connectivity index (χ0v) is 31.4. The van der Waals surface area contributed by atoms with E-state index in [1.54, 1.807) is 33.2 Å². The van der Waals surface area contributed by atoms with E-state index in [2.05, 4.69) is 22.2 Å². The number of ether oxygens (including phenoxy) is 3. The molecule has 0 saturated carbocycles. The number of likely N-dealkylation sites (tertiary alicyclic amines) is 1. The number of rotatable bonds is 16. The first kappa shape index (κ1) is 39.0. The number of benzene rings is 3. The smallest absolute Gasteiger partial charge is 0.408 e. The lowest BCUT2D eigenvalue weighted by atomic mass is 10.0. The molecule has 3 aromatic carbocycles. The van der Waals surface area contributed by atoms with Crippen molar-refractivity contribution in [3.63, 3.8) is 0 Å². The van der Waals surface area contributed by atoms with Crippen LogP contribution in [0.1, 0.15) is 83.8 Å². The van der Waals surface area contributed by atoms with Gasteiger partial charge in [0.15, 0.2) is 5.82 Å². The number of aromatic nitrogens is 2. The van der Waals surface area contributed by atoms with Gasteiger partial charge in [0.1, 0.15) is 30.0 Å². The van der Waals surface area contributed by atoms with Crippen molar-refractivity contribution in [3.8, 4) is 28.3 Å². The summed E-state index contributed by atoms with van der Waals surface area (Å²) in [4.78, 5) is 50.8. The molecule has 4 aromatic rings. The number of nitrogens with one attached hydrogen (secondary N) is 1. The van der Waals surface area contributed by atoms with Crippen LogP contribution >= 0.6 is 0 Å². The van der Waals surface area contributed by atoms with E-state index in [9.17, 15) is 14.4 Å². The van der Waals surface area contributed by atoms with E-state index < -0.39 is 29.7 Å². The van der Waals surface area contributed by atoms with Gasteiger partial charge in [-0.15, -0.1) is 0 Å². The maximum Gasteiger partial charge on any atom is 0.408 e. The Balaban J connectivity index is 1.23. The van der Waals surface area contributed by atoms with Crippen LogP contribution in [0.25, 0.3) is 22.5 Å². The van der Waals surface area contributed by atoms with Crippen molar-refractivity contribution in [2.45, 2.75) is 103 Å². The Kier molecular flexibility index (Phi) is 14.0. The number of unbranched alkanes of at least 4 members (excludes halogenated alkanes) is 4. The third kappa shape index (κ3) is 11.9. The van der Waals surface area contributed by atoms with E-state index >= 15 is 0 Å². The SMILES string of the molecule is CCCCCCCOc1ccc(-c2cnc(-c3ccc(C[C@H](NC(=O)OCc4ccccc4)C(=O)N4CCC[C@H]4C(=O)OC(C)(C)C)cc3)nc2)cc1. The fourth-order valence-corrected chi connectivity index (χ4v) is 6.24. The zero-order chi connectivity index (χ0) is 37.6. The second kappa shape index (κ2) is 19.0. The normalized spacial score (nSPS) is 14.7. The molecule has 0 unspecified atom stereocenters. The van der Waals surface area contributed by atoms with E-state index in [0.29, 0.717) is 25.2 Å². The molecule has 1 N–H and O–H groups in total. The van der Waals surface area contributed by atoms with E-state index in [4.69, 9.17) is 14.2 Å². The third-order valence-corrected chi connectivity index (χ3v) is 9.03. The first-order valence-electron chi connectivity index (χ1n) is 18.7. The van der Waals surface area contributed by atoms with Crippen LogP contribution in [-0.2, 0) is 32.1 Å². The van der Waals surface area contributed by atoms with Gasteiger partial charge < -0.3 is 24.4 Å². The number of hydrogen-bond donors (Lipinski definition) is 1. The molecule has 2 heterocycles. The van der Waals surface area contributed by atoms with Gasteiger partial charge in [-0.25, -0.2) is 19.6 Å². The van der Waals surface area contributed by atoms with Crippen molar-refractivity contribution in [2.24, 2.45) is 0 Å². The highest BCUT2D eigenvalue weighted by Gasteiger charge is 2.40. The number of hydrogen-bond acceptors (Lipinski definition) is 8. The van der Waals surface area contributed by atoms with Gasteiger partial charge >= 0.3 is 12.1 Å². The summed E-state index contributed by atoms with van der Waals surface area (Å²) < 4.78 is 17.0. The topological polar surface area (TPSA) is 120 Å². The fourth-order valence-electron chi connectivity index (χ4n) is 6.24. The van der Waals surface area contributed by atoms with Gasteiger partial charge in [-0.3, -0.25) is 4.79 Å². The summed E-state index contributed by atoms with van der Waals surface area (Å²) in [5.74, 6) is 0.614. The van der Waals surface area contributed by atoms with Crippen LogP contribution in [0, 0.1) is 0 Å². The minimum atomic E-state index is -0.967. The molecule has 1 aliphatic rings. The van der Waals surface area contributed by atoms with Crippen molar-refractivity contribution in [1.29, 1.82) is 0 Å². The number of carbonyl (C=O) groups is 3. The molecule has 0 radical (unpaired) electrons. The van der Waals surface area contributed by atoms with Gasteiger partial charge in [0, 0.05) is 36.5 Å². The van der Waals surface area contributed by atoms with Crippen LogP contribution in [0.4, 0.5) is 4.79 Å². The molecule has 0 aliphatic carbocycles. The highest BCUT2D eigenvalue weighted by Crippen LogP contribution is 2.25. The Labute approximate surface area is 313 Å². The molecule has 5 rings (SSSR count). The van der Waals surface area contributed by atoms with E-state index in [1.807, 2.05) is 78.9 Å². The molecular weight excluding hydrogens is 668 g/mol. The number of carbonyl (C=O) groups excluding carboxylic acids is 3. The summed E-state index contributed by atoms with van der Waals surface area (Å²) in [6.07, 6.45) is 10.3. The highest BCUT2D eigenvalue weighted by atomic mass is 16.6. The Morgan fingerprint density at radius 3 is 2.19 bits per heavy atom. The first-order chi connectivity index (χ1) is 25.6. The molecule has 10 heteroatoms. The van der Waals surface area contributed by atoms with Crippen LogP contribution < -0.4 is 10.1 Å². The lowest BCUT2D eigenvalue weighted by Crippen LogP contribution is -2.53. The molecule has 280 valence electrons. The van der Waals surface area contributed by atoms with Gasteiger partial charge in [0.25, 0.3) is 0 Å². The van der Waals surface area contributed by atoms with Crippen molar-refractivity contribution in [2.75, 3.05) is 13.2 Å². The third-order valence-electron chi connectivity index (χ3n) is 9.03. The Morgan fingerprint density at radius 2 is 1.51 bits per heavy atom. The Morgan fingerprint density at radius 1 is 0.830 bits per heavy atom. The average molecular weight is 721 g/mol. The largest absolute Gasteiger partial charge is 0.494 e. The van der Waals surface area contributed by atoms with Crippen LogP contribution in [0.3, 0.4) is 0 Å². The first-order valence-corrected chi connectivity index (χ1v) is 18.7. The van der Waals surface area contributed by atoms with Crippen LogP contribution in [0.15, 0.2) is 91.3 Å². The molecule has 2 amide bonds. The standard InChI is InChI=1S/C43H52N4O6/c1-5-6-7-8-12-26-51-36-23-21-33(22-24-36)35-28-44-39(45-29-35)34-19-17-31(18-20-34)27-37(46-42(50)52-30-32-14-10-9-11-15-32)40(48)47-25-13-16-38(47)41(49)53-43(2,3)4/h9-11,14-15,17-24,28-29,37-38H,5-8,12-13,16,25-27,30H2,1-4H3,(H,46,50)/t37-,38-/m0/s1. The number of nitrogens with zero attached hydrogens (tertiary/aromatic N) is 3. The van der Waals surface area contributed by atoms with Gasteiger partial charge in [0.2, 0.25) is 5.91 Å². The minimum absolute atomic E-state index is 0.0598. The van der Waals surface area contributed by atoms with E-state index in [-0.39, 0.29) is 18.9 Å². The van der Waals surface area contributed by atoms with Gasteiger partial charge in [-0.1, -0.05) is 99.3 Å². The summed E-state index contributed by atoms with van der Waals surface area (Å²) >= 11 is 0. The summed E-state index contributed by atoms with van der Waals surface area (Å²) in [5, 5.41) is 2.77. The van der Waals surface area contributed by atoms with Crippen molar-refractivity contribution in [1.82, 2.24) is 20.2 Å². The van der Waals surface area contributed by atoms with Gasteiger partial charge in [-0.2, -0.15) is 0 Å². The molecule has 10 nitrogen and oxygen atoms in total. The Hall–Kier alpha value is -5.25. The Bertz CT molecular complexity index is 1760. The average Bonchev–Trinajstić information content (AvgIpc) is 3.66. The monoisotopic (exact) mass is 720 g/mol.